The minimum atomic E-state index is 0.161. The maximum atomic E-state index is 12.7. The number of hydrogen-bond donors (Lipinski definition) is 0. The fourth-order valence-electron chi connectivity index (χ4n) is 3.62. The molecule has 6 nitrogen and oxygen atoms in total. The van der Waals surface area contributed by atoms with E-state index in [-0.39, 0.29) is 5.91 Å². The molecule has 0 fully saturated rings. The first kappa shape index (κ1) is 18.4. The first-order chi connectivity index (χ1) is 13.7. The van der Waals surface area contributed by atoms with Gasteiger partial charge in [-0.3, -0.25) is 19.4 Å². The number of benzene rings is 1. The summed E-state index contributed by atoms with van der Waals surface area (Å²) in [6.07, 6.45) is 4.39. The van der Waals surface area contributed by atoms with Crippen molar-refractivity contribution < 1.29 is 4.79 Å². The quantitative estimate of drug-likeness (QED) is 0.664. The number of hydrogen-bond acceptors (Lipinski definition) is 4. The van der Waals surface area contributed by atoms with Crippen LogP contribution in [0.2, 0.25) is 0 Å². The van der Waals surface area contributed by atoms with Crippen LogP contribution in [0.1, 0.15) is 22.5 Å². The Morgan fingerprint density at radius 3 is 2.64 bits per heavy atom. The largest absolute Gasteiger partial charge is 0.334 e. The Morgan fingerprint density at radius 1 is 1.07 bits per heavy atom. The molecule has 4 rings (SSSR count). The van der Waals surface area contributed by atoms with E-state index in [0.29, 0.717) is 19.6 Å². The number of pyridine rings is 1. The lowest BCUT2D eigenvalue weighted by Crippen LogP contribution is -2.43. The third-order valence-electron chi connectivity index (χ3n) is 5.04. The molecule has 0 N–H and O–H groups in total. The standard InChI is InChI=1S/C22H25N5O/c1-25(15-19-7-9-23-10-8-19)17-22(28)26-11-12-27-21(16-26)14-20(24-27)13-18-5-3-2-4-6-18/h2-10,14H,11-13,15-17H2,1H3. The summed E-state index contributed by atoms with van der Waals surface area (Å²) in [6.45, 7) is 3.24. The molecule has 0 spiro atoms. The molecule has 6 heteroatoms. The van der Waals surface area contributed by atoms with E-state index < -0.39 is 0 Å². The maximum Gasteiger partial charge on any atom is 0.237 e. The van der Waals surface area contributed by atoms with Crippen LogP contribution < -0.4 is 0 Å². The molecule has 0 unspecified atom stereocenters. The van der Waals surface area contributed by atoms with Crippen LogP contribution in [0.15, 0.2) is 60.9 Å². The van der Waals surface area contributed by atoms with Crippen LogP contribution in [0.3, 0.4) is 0 Å². The molecule has 0 saturated heterocycles. The van der Waals surface area contributed by atoms with Crippen LogP contribution in [-0.2, 0) is 30.8 Å². The van der Waals surface area contributed by atoms with Gasteiger partial charge in [0.2, 0.25) is 5.91 Å². The van der Waals surface area contributed by atoms with Crippen molar-refractivity contribution in [2.75, 3.05) is 20.1 Å². The van der Waals surface area contributed by atoms with Crippen LogP contribution in [0.4, 0.5) is 0 Å². The average molecular weight is 375 g/mol. The van der Waals surface area contributed by atoms with Crippen molar-refractivity contribution >= 4 is 5.91 Å². The number of carbonyl (C=O) groups is 1. The zero-order chi connectivity index (χ0) is 19.3. The molecule has 2 aromatic heterocycles. The van der Waals surface area contributed by atoms with E-state index in [1.54, 1.807) is 12.4 Å². The third-order valence-corrected chi connectivity index (χ3v) is 5.04. The minimum Gasteiger partial charge on any atom is -0.334 e. The maximum absolute atomic E-state index is 12.7. The van der Waals surface area contributed by atoms with Gasteiger partial charge in [0.15, 0.2) is 0 Å². The Bertz CT molecular complexity index is 923. The Morgan fingerprint density at radius 2 is 1.86 bits per heavy atom. The summed E-state index contributed by atoms with van der Waals surface area (Å²) >= 11 is 0. The van der Waals surface area contributed by atoms with Crippen molar-refractivity contribution in [3.8, 4) is 0 Å². The van der Waals surface area contributed by atoms with Gasteiger partial charge in [0.25, 0.3) is 0 Å². The first-order valence-corrected chi connectivity index (χ1v) is 9.62. The van der Waals surface area contributed by atoms with E-state index in [1.807, 2.05) is 51.9 Å². The Labute approximate surface area is 165 Å². The molecule has 1 aliphatic heterocycles. The second-order valence-corrected chi connectivity index (χ2v) is 7.36. The summed E-state index contributed by atoms with van der Waals surface area (Å²) in [5, 5.41) is 4.72. The predicted octanol–water partition coefficient (Wildman–Crippen LogP) is 2.34. The summed E-state index contributed by atoms with van der Waals surface area (Å²) in [5.41, 5.74) is 4.59. The smallest absolute Gasteiger partial charge is 0.237 e. The number of carbonyl (C=O) groups excluding carboxylic acids is 1. The van der Waals surface area contributed by atoms with Crippen LogP contribution >= 0.6 is 0 Å². The second-order valence-electron chi connectivity index (χ2n) is 7.36. The topological polar surface area (TPSA) is 54.3 Å². The number of aromatic nitrogens is 3. The Balaban J connectivity index is 1.35. The van der Waals surface area contributed by atoms with Crippen LogP contribution in [0, 0.1) is 0 Å². The molecule has 0 radical (unpaired) electrons. The lowest BCUT2D eigenvalue weighted by Gasteiger charge is -2.29. The molecule has 3 heterocycles. The number of amides is 1. The molecule has 0 bridgehead atoms. The van der Waals surface area contributed by atoms with E-state index in [0.717, 1.165) is 36.5 Å². The highest BCUT2D eigenvalue weighted by molar-refractivity contribution is 5.78. The van der Waals surface area contributed by atoms with Gasteiger partial charge in [-0.05, 0) is 36.4 Å². The predicted molar refractivity (Wildman–Crippen MR) is 107 cm³/mol. The first-order valence-electron chi connectivity index (χ1n) is 9.62. The Hall–Kier alpha value is -2.99. The third kappa shape index (κ3) is 4.46. The lowest BCUT2D eigenvalue weighted by molar-refractivity contribution is -0.133. The fraction of sp³-hybridized carbons (Fsp3) is 0.318. The molecule has 1 aliphatic rings. The minimum absolute atomic E-state index is 0.161. The van der Waals surface area contributed by atoms with Crippen LogP contribution in [0.5, 0.6) is 0 Å². The van der Waals surface area contributed by atoms with Gasteiger partial charge in [0.1, 0.15) is 0 Å². The number of likely N-dealkylation sites (N-methyl/N-ethyl adjacent to an activating group) is 1. The van der Waals surface area contributed by atoms with Gasteiger partial charge in [-0.25, -0.2) is 0 Å². The number of rotatable bonds is 6. The number of nitrogens with zero attached hydrogens (tertiary/aromatic N) is 5. The summed E-state index contributed by atoms with van der Waals surface area (Å²) in [5.74, 6) is 0.161. The van der Waals surface area contributed by atoms with E-state index in [4.69, 9.17) is 5.10 Å². The van der Waals surface area contributed by atoms with Gasteiger partial charge in [0, 0.05) is 31.9 Å². The van der Waals surface area contributed by atoms with Crippen molar-refractivity contribution in [3.05, 3.63) is 83.4 Å². The molecule has 1 amide bonds. The van der Waals surface area contributed by atoms with Gasteiger partial charge in [-0.1, -0.05) is 30.3 Å². The van der Waals surface area contributed by atoms with Crippen LogP contribution in [0.25, 0.3) is 0 Å². The summed E-state index contributed by atoms with van der Waals surface area (Å²) < 4.78 is 2.04. The second kappa shape index (κ2) is 8.35. The van der Waals surface area contributed by atoms with Crippen molar-refractivity contribution in [2.24, 2.45) is 0 Å². The molecule has 3 aromatic rings. The molecule has 0 atom stereocenters. The van der Waals surface area contributed by atoms with E-state index in [2.05, 4.69) is 23.2 Å². The summed E-state index contributed by atoms with van der Waals surface area (Å²) in [7, 11) is 1.98. The molecular formula is C22H25N5O. The normalized spacial score (nSPS) is 13.6. The van der Waals surface area contributed by atoms with Crippen molar-refractivity contribution in [2.45, 2.75) is 26.1 Å². The lowest BCUT2D eigenvalue weighted by atomic mass is 10.1. The highest BCUT2D eigenvalue weighted by Crippen LogP contribution is 2.16. The van der Waals surface area contributed by atoms with Gasteiger partial charge in [-0.15, -0.1) is 0 Å². The van der Waals surface area contributed by atoms with E-state index in [9.17, 15) is 4.79 Å². The van der Waals surface area contributed by atoms with Crippen molar-refractivity contribution in [3.63, 3.8) is 0 Å². The van der Waals surface area contributed by atoms with E-state index in [1.165, 1.54) is 5.56 Å². The molecule has 0 aliphatic carbocycles. The van der Waals surface area contributed by atoms with Crippen LogP contribution in [-0.4, -0.2) is 50.6 Å². The molecule has 144 valence electrons. The van der Waals surface area contributed by atoms with Gasteiger partial charge in [0.05, 0.1) is 31.0 Å². The monoisotopic (exact) mass is 375 g/mol. The molecule has 0 saturated carbocycles. The van der Waals surface area contributed by atoms with Crippen molar-refractivity contribution in [1.82, 2.24) is 24.6 Å². The van der Waals surface area contributed by atoms with Gasteiger partial charge >= 0.3 is 0 Å². The molecule has 28 heavy (non-hydrogen) atoms. The zero-order valence-corrected chi connectivity index (χ0v) is 16.2. The SMILES string of the molecule is CN(CC(=O)N1CCn2nc(Cc3ccccc3)cc2C1)Cc1ccncc1. The van der Waals surface area contributed by atoms with Gasteiger partial charge < -0.3 is 4.90 Å². The fourth-order valence-corrected chi connectivity index (χ4v) is 3.62. The van der Waals surface area contributed by atoms with E-state index >= 15 is 0 Å². The molecule has 1 aromatic carbocycles. The molecular weight excluding hydrogens is 350 g/mol. The average Bonchev–Trinajstić information content (AvgIpc) is 3.10. The summed E-state index contributed by atoms with van der Waals surface area (Å²) in [4.78, 5) is 20.8. The summed E-state index contributed by atoms with van der Waals surface area (Å²) in [6, 6.07) is 16.5. The highest BCUT2D eigenvalue weighted by atomic mass is 16.2. The van der Waals surface area contributed by atoms with Crippen molar-refractivity contribution in [1.29, 1.82) is 0 Å². The zero-order valence-electron chi connectivity index (χ0n) is 16.2. The number of fused-ring (bicyclic) bond motifs is 1. The van der Waals surface area contributed by atoms with Gasteiger partial charge in [-0.2, -0.15) is 5.10 Å². The Kier molecular flexibility index (Phi) is 5.48. The highest BCUT2D eigenvalue weighted by Gasteiger charge is 2.23.